The lowest BCUT2D eigenvalue weighted by atomic mass is 9.90. The second kappa shape index (κ2) is 6.31. The number of hydrogen-bond donors (Lipinski definition) is 0. The van der Waals surface area contributed by atoms with E-state index in [4.69, 9.17) is 0 Å². The predicted molar refractivity (Wildman–Crippen MR) is 96.6 cm³/mol. The lowest BCUT2D eigenvalue weighted by Gasteiger charge is -2.38. The smallest absolute Gasteiger partial charge is 0.0110 e. The largest absolute Gasteiger partial charge is 0.304 e. The summed E-state index contributed by atoms with van der Waals surface area (Å²) in [6.45, 7) is 14.2. The molecule has 3 atom stereocenters. The van der Waals surface area contributed by atoms with Gasteiger partial charge in [-0.1, -0.05) is 13.8 Å². The van der Waals surface area contributed by atoms with Crippen molar-refractivity contribution in [2.75, 3.05) is 52.9 Å². The van der Waals surface area contributed by atoms with Gasteiger partial charge < -0.3 is 9.80 Å². The molecule has 0 spiro atoms. The predicted octanol–water partition coefficient (Wildman–Crippen LogP) is 2.77. The maximum absolute atomic E-state index is 2.90. The maximum Gasteiger partial charge on any atom is 0.0110 e. The second-order valence-corrected chi connectivity index (χ2v) is 9.78. The minimum absolute atomic E-state index is 0.728. The van der Waals surface area contributed by atoms with Gasteiger partial charge in [-0.25, -0.2) is 0 Å². The van der Waals surface area contributed by atoms with Crippen molar-refractivity contribution in [1.29, 1.82) is 0 Å². The van der Waals surface area contributed by atoms with Crippen LogP contribution in [-0.4, -0.2) is 73.6 Å². The molecule has 4 fully saturated rings. The Morgan fingerprint density at radius 3 is 2.35 bits per heavy atom. The van der Waals surface area contributed by atoms with Gasteiger partial charge in [-0.15, -0.1) is 0 Å². The van der Waals surface area contributed by atoms with Gasteiger partial charge in [-0.3, -0.25) is 4.90 Å². The average molecular weight is 320 g/mol. The Morgan fingerprint density at radius 1 is 1.04 bits per heavy atom. The first-order valence-electron chi connectivity index (χ1n) is 10.2. The SMILES string of the molecule is CC(C)CC1(CN2C[C@H]3C[C@@H]2C[C@H]3CN2CCN(C)CC2)CC1. The van der Waals surface area contributed by atoms with Crippen molar-refractivity contribution in [2.24, 2.45) is 23.2 Å². The first-order valence-corrected chi connectivity index (χ1v) is 10.2. The third-order valence-electron chi connectivity index (χ3n) is 7.23. The lowest BCUT2D eigenvalue weighted by Crippen LogP contribution is -2.48. The van der Waals surface area contributed by atoms with E-state index in [-0.39, 0.29) is 0 Å². The molecular weight excluding hydrogens is 282 g/mol. The van der Waals surface area contributed by atoms with Crippen LogP contribution in [0.4, 0.5) is 0 Å². The molecule has 2 heterocycles. The Labute approximate surface area is 143 Å². The van der Waals surface area contributed by atoms with E-state index in [1.165, 1.54) is 77.9 Å². The molecule has 0 unspecified atom stereocenters. The molecule has 2 saturated carbocycles. The summed E-state index contributed by atoms with van der Waals surface area (Å²) in [6, 6.07) is 0.933. The van der Waals surface area contributed by atoms with Crippen LogP contribution in [0.2, 0.25) is 0 Å². The maximum atomic E-state index is 2.90. The third kappa shape index (κ3) is 3.62. The Balaban J connectivity index is 1.25. The molecule has 23 heavy (non-hydrogen) atoms. The summed E-state index contributed by atoms with van der Waals surface area (Å²) in [7, 11) is 2.26. The van der Waals surface area contributed by atoms with Crippen LogP contribution in [0.1, 0.15) is 46.0 Å². The van der Waals surface area contributed by atoms with E-state index < -0.39 is 0 Å². The first kappa shape index (κ1) is 16.4. The van der Waals surface area contributed by atoms with Gasteiger partial charge in [0.25, 0.3) is 0 Å². The van der Waals surface area contributed by atoms with Crippen LogP contribution < -0.4 is 0 Å². The molecule has 2 aliphatic carbocycles. The highest BCUT2D eigenvalue weighted by molar-refractivity contribution is 5.03. The van der Waals surface area contributed by atoms with Gasteiger partial charge in [-0.05, 0) is 62.3 Å². The summed E-state index contributed by atoms with van der Waals surface area (Å²) in [5, 5.41) is 0. The van der Waals surface area contributed by atoms with Gasteiger partial charge in [0, 0.05) is 51.9 Å². The summed E-state index contributed by atoms with van der Waals surface area (Å²) in [5.74, 6) is 2.89. The monoisotopic (exact) mass is 319 g/mol. The van der Waals surface area contributed by atoms with Crippen molar-refractivity contribution in [2.45, 2.75) is 52.0 Å². The molecule has 0 aromatic heterocycles. The van der Waals surface area contributed by atoms with Crippen LogP contribution in [0.5, 0.6) is 0 Å². The summed E-state index contributed by atoms with van der Waals surface area (Å²) in [5.41, 5.74) is 0.728. The van der Waals surface area contributed by atoms with Crippen LogP contribution in [0, 0.1) is 23.2 Å². The molecule has 0 aromatic rings. The van der Waals surface area contributed by atoms with E-state index in [1.807, 2.05) is 0 Å². The van der Waals surface area contributed by atoms with Crippen LogP contribution in [0.3, 0.4) is 0 Å². The number of likely N-dealkylation sites (N-methyl/N-ethyl adjacent to an activating group) is 1. The zero-order chi connectivity index (χ0) is 16.0. The van der Waals surface area contributed by atoms with Crippen molar-refractivity contribution in [3.8, 4) is 0 Å². The Bertz CT molecular complexity index is 409. The third-order valence-corrected chi connectivity index (χ3v) is 7.23. The number of piperidine rings is 1. The Morgan fingerprint density at radius 2 is 1.78 bits per heavy atom. The highest BCUT2D eigenvalue weighted by Crippen LogP contribution is 2.53. The van der Waals surface area contributed by atoms with Crippen molar-refractivity contribution in [1.82, 2.24) is 14.7 Å². The molecule has 2 bridgehead atoms. The zero-order valence-electron chi connectivity index (χ0n) is 15.6. The van der Waals surface area contributed by atoms with Crippen LogP contribution in [0.25, 0.3) is 0 Å². The summed E-state index contributed by atoms with van der Waals surface area (Å²) in [4.78, 5) is 8.13. The van der Waals surface area contributed by atoms with E-state index in [0.29, 0.717) is 0 Å². The minimum atomic E-state index is 0.728. The summed E-state index contributed by atoms with van der Waals surface area (Å²) in [6.07, 6.45) is 7.48. The van der Waals surface area contributed by atoms with E-state index in [2.05, 4.69) is 35.6 Å². The summed E-state index contributed by atoms with van der Waals surface area (Å²) < 4.78 is 0. The van der Waals surface area contributed by atoms with Crippen molar-refractivity contribution >= 4 is 0 Å². The fourth-order valence-corrected chi connectivity index (χ4v) is 5.83. The number of fused-ring (bicyclic) bond motifs is 2. The van der Waals surface area contributed by atoms with Gasteiger partial charge in [-0.2, -0.15) is 0 Å². The van der Waals surface area contributed by atoms with Gasteiger partial charge in [0.1, 0.15) is 0 Å². The highest BCUT2D eigenvalue weighted by Gasteiger charge is 2.50. The van der Waals surface area contributed by atoms with E-state index in [0.717, 1.165) is 29.2 Å². The van der Waals surface area contributed by atoms with Gasteiger partial charge in [0.2, 0.25) is 0 Å². The van der Waals surface area contributed by atoms with E-state index in [1.54, 1.807) is 0 Å². The normalized spacial score (nSPS) is 37.8. The fourth-order valence-electron chi connectivity index (χ4n) is 5.83. The van der Waals surface area contributed by atoms with E-state index >= 15 is 0 Å². The van der Waals surface area contributed by atoms with E-state index in [9.17, 15) is 0 Å². The number of rotatable bonds is 6. The topological polar surface area (TPSA) is 9.72 Å². The highest BCUT2D eigenvalue weighted by atomic mass is 15.3. The molecule has 4 rings (SSSR count). The van der Waals surface area contributed by atoms with Gasteiger partial charge in [0.15, 0.2) is 0 Å². The molecule has 2 aliphatic heterocycles. The van der Waals surface area contributed by atoms with Crippen molar-refractivity contribution < 1.29 is 0 Å². The molecule has 0 radical (unpaired) electrons. The molecule has 0 aromatic carbocycles. The number of hydrogen-bond acceptors (Lipinski definition) is 3. The van der Waals surface area contributed by atoms with Gasteiger partial charge in [0.05, 0.1) is 0 Å². The number of likely N-dealkylation sites (tertiary alicyclic amines) is 1. The molecule has 2 saturated heterocycles. The lowest BCUT2D eigenvalue weighted by molar-refractivity contribution is 0.0914. The first-order chi connectivity index (χ1) is 11.0. The molecule has 3 nitrogen and oxygen atoms in total. The quantitative estimate of drug-likeness (QED) is 0.745. The van der Waals surface area contributed by atoms with Gasteiger partial charge >= 0.3 is 0 Å². The van der Waals surface area contributed by atoms with Crippen LogP contribution in [-0.2, 0) is 0 Å². The van der Waals surface area contributed by atoms with Crippen molar-refractivity contribution in [3.63, 3.8) is 0 Å². The second-order valence-electron chi connectivity index (χ2n) is 9.78. The standard InChI is InChI=1S/C20H37N3/c1-16(2)12-20(4-5-20)15-23-14-18-11-19(23)10-17(18)13-22-8-6-21(3)7-9-22/h16-19H,4-15H2,1-3H3/t17-,18+,19-/m0/s1. The zero-order valence-corrected chi connectivity index (χ0v) is 15.6. The summed E-state index contributed by atoms with van der Waals surface area (Å²) >= 11 is 0. The van der Waals surface area contributed by atoms with Crippen LogP contribution >= 0.6 is 0 Å². The molecular formula is C20H37N3. The fraction of sp³-hybridized carbons (Fsp3) is 1.00. The van der Waals surface area contributed by atoms with Crippen LogP contribution in [0.15, 0.2) is 0 Å². The molecule has 4 aliphatic rings. The number of nitrogens with zero attached hydrogens (tertiary/aromatic N) is 3. The molecule has 0 N–H and O–H groups in total. The van der Waals surface area contributed by atoms with Crippen molar-refractivity contribution in [3.05, 3.63) is 0 Å². The average Bonchev–Trinajstić information content (AvgIpc) is 2.96. The Kier molecular flexibility index (Phi) is 4.49. The molecule has 3 heteroatoms. The minimum Gasteiger partial charge on any atom is -0.304 e. The number of piperazine rings is 1. The molecule has 0 amide bonds. The Hall–Kier alpha value is -0.120. The molecule has 132 valence electrons.